The van der Waals surface area contributed by atoms with Gasteiger partial charge in [0.1, 0.15) is 7.05 Å². The summed E-state index contributed by atoms with van der Waals surface area (Å²) in [5, 5.41) is 2.69. The van der Waals surface area contributed by atoms with Crippen molar-refractivity contribution in [2.45, 2.75) is 52.4 Å². The summed E-state index contributed by atoms with van der Waals surface area (Å²) >= 11 is 0. The number of aromatic nitrogens is 1. The Bertz CT molecular complexity index is 1260. The molecule has 0 N–H and O–H groups in total. The quantitative estimate of drug-likeness (QED) is 0.296. The average Bonchev–Trinajstić information content (AvgIpc) is 2.80. The molecule has 32 heavy (non-hydrogen) atoms. The van der Waals surface area contributed by atoms with E-state index in [1.807, 2.05) is 0 Å². The highest BCUT2D eigenvalue weighted by molar-refractivity contribution is 5.94. The highest BCUT2D eigenvalue weighted by Crippen LogP contribution is 2.43. The summed E-state index contributed by atoms with van der Waals surface area (Å²) in [5.74, 6) is 0.702. The van der Waals surface area contributed by atoms with Gasteiger partial charge in [-0.25, -0.2) is 4.57 Å². The molecule has 1 heteroatoms. The van der Waals surface area contributed by atoms with E-state index in [0.29, 0.717) is 11.3 Å². The zero-order valence-corrected chi connectivity index (χ0v) is 19.9. The number of pyridine rings is 1. The Kier molecular flexibility index (Phi) is 5.37. The van der Waals surface area contributed by atoms with Crippen molar-refractivity contribution < 1.29 is 4.57 Å². The lowest BCUT2D eigenvalue weighted by Crippen LogP contribution is -2.30. The monoisotopic (exact) mass is 420 g/mol. The number of hydrogen-bond acceptors (Lipinski definition) is 0. The van der Waals surface area contributed by atoms with E-state index in [9.17, 15) is 0 Å². The van der Waals surface area contributed by atoms with Crippen molar-refractivity contribution in [3.63, 3.8) is 0 Å². The fraction of sp³-hybridized carbons (Fsp3) is 0.323. The maximum absolute atomic E-state index is 2.46. The van der Waals surface area contributed by atoms with Crippen molar-refractivity contribution in [2.75, 3.05) is 0 Å². The molecule has 1 saturated carbocycles. The van der Waals surface area contributed by atoms with Gasteiger partial charge in [-0.2, -0.15) is 0 Å². The molecule has 5 rings (SSSR count). The number of rotatable bonds is 3. The van der Waals surface area contributed by atoms with Gasteiger partial charge in [-0.1, -0.05) is 68.4 Å². The molecule has 0 aliphatic heterocycles. The Labute approximate surface area is 192 Å². The van der Waals surface area contributed by atoms with Crippen molar-refractivity contribution >= 4 is 10.8 Å². The summed E-state index contributed by atoms with van der Waals surface area (Å²) in [5.41, 5.74) is 8.48. The van der Waals surface area contributed by atoms with E-state index in [0.717, 1.165) is 0 Å². The lowest BCUT2D eigenvalue weighted by atomic mass is 9.71. The van der Waals surface area contributed by atoms with Crippen molar-refractivity contribution in [1.29, 1.82) is 0 Å². The number of nitrogens with zero attached hydrogens (tertiary/aromatic N) is 1. The van der Waals surface area contributed by atoms with Crippen molar-refractivity contribution in [1.82, 2.24) is 0 Å². The number of fused-ring (bicyclic) bond motifs is 1. The molecule has 1 fully saturated rings. The second kappa shape index (κ2) is 8.20. The van der Waals surface area contributed by atoms with Crippen molar-refractivity contribution in [2.24, 2.45) is 12.5 Å². The first-order chi connectivity index (χ1) is 15.4. The van der Waals surface area contributed by atoms with Gasteiger partial charge in [-0.15, -0.1) is 0 Å². The molecule has 0 unspecified atom stereocenters. The van der Waals surface area contributed by atoms with Crippen LogP contribution in [0.4, 0.5) is 0 Å². The van der Waals surface area contributed by atoms with Crippen LogP contribution in [0.3, 0.4) is 0 Å². The molecular weight excluding hydrogens is 386 g/mol. The number of aryl methyl sites for hydroxylation is 2. The zero-order valence-electron chi connectivity index (χ0n) is 19.9. The van der Waals surface area contributed by atoms with Crippen LogP contribution in [0.5, 0.6) is 0 Å². The summed E-state index contributed by atoms with van der Waals surface area (Å²) in [6.07, 6.45) is 7.50. The third-order valence-electron chi connectivity index (χ3n) is 7.57. The Morgan fingerprint density at radius 2 is 1.56 bits per heavy atom. The standard InChI is InChI=1S/C31H34N/c1-22-10-11-26(23-8-6-5-7-9-23)21-29(22)30-28-13-12-25(20-27(28)16-19-32(30)4)24-14-17-31(2,3)18-15-24/h5-13,16,19-21,24H,14-15,17-18H2,1-4H3/q+1. The molecule has 162 valence electrons. The van der Waals surface area contributed by atoms with Crippen LogP contribution in [0.15, 0.2) is 79.0 Å². The van der Waals surface area contributed by atoms with Crippen LogP contribution in [0.25, 0.3) is 33.2 Å². The molecule has 0 atom stereocenters. The molecule has 1 heterocycles. The first-order valence-corrected chi connectivity index (χ1v) is 12.0. The minimum atomic E-state index is 0.509. The second-order valence-electron chi connectivity index (χ2n) is 10.5. The second-order valence-corrected chi connectivity index (χ2v) is 10.5. The molecule has 1 aliphatic rings. The maximum Gasteiger partial charge on any atom is 0.220 e. The third-order valence-corrected chi connectivity index (χ3v) is 7.57. The number of hydrogen-bond donors (Lipinski definition) is 0. The number of benzene rings is 3. The lowest BCUT2D eigenvalue weighted by Gasteiger charge is -2.34. The highest BCUT2D eigenvalue weighted by atomic mass is 14.9. The van der Waals surface area contributed by atoms with E-state index >= 15 is 0 Å². The normalized spacial score (nSPS) is 16.4. The molecule has 0 amide bonds. The highest BCUT2D eigenvalue weighted by Gasteiger charge is 2.28. The van der Waals surface area contributed by atoms with Crippen molar-refractivity contribution in [3.8, 4) is 22.4 Å². The van der Waals surface area contributed by atoms with Crippen molar-refractivity contribution in [3.05, 3.63) is 90.1 Å². The van der Waals surface area contributed by atoms with Gasteiger partial charge >= 0.3 is 0 Å². The van der Waals surface area contributed by atoms with Gasteiger partial charge in [0, 0.05) is 6.07 Å². The summed E-state index contributed by atoms with van der Waals surface area (Å²) in [4.78, 5) is 0. The van der Waals surface area contributed by atoms with E-state index in [-0.39, 0.29) is 0 Å². The fourth-order valence-electron chi connectivity index (χ4n) is 5.40. The Hall–Kier alpha value is -2.93. The van der Waals surface area contributed by atoms with Crippen LogP contribution >= 0.6 is 0 Å². The van der Waals surface area contributed by atoms with Gasteiger partial charge < -0.3 is 0 Å². The van der Waals surface area contributed by atoms with E-state index < -0.39 is 0 Å². The van der Waals surface area contributed by atoms with Crippen LogP contribution in [0.2, 0.25) is 0 Å². The minimum absolute atomic E-state index is 0.509. The topological polar surface area (TPSA) is 3.88 Å². The predicted molar refractivity (Wildman–Crippen MR) is 136 cm³/mol. The fourth-order valence-corrected chi connectivity index (χ4v) is 5.40. The summed E-state index contributed by atoms with van der Waals surface area (Å²) in [6.45, 7) is 7.06. The van der Waals surface area contributed by atoms with Gasteiger partial charge in [-0.05, 0) is 83.7 Å². The summed E-state index contributed by atoms with van der Waals surface area (Å²) in [6, 6.07) is 27.0. The largest absolute Gasteiger partial charge is 0.220 e. The van der Waals surface area contributed by atoms with E-state index in [1.165, 1.54) is 70.0 Å². The smallest absolute Gasteiger partial charge is 0.200 e. The van der Waals surface area contributed by atoms with Crippen LogP contribution in [0.1, 0.15) is 56.6 Å². The van der Waals surface area contributed by atoms with Crippen LogP contribution in [-0.2, 0) is 7.05 Å². The SMILES string of the molecule is Cc1ccc(-c2ccccc2)cc1-c1c2ccc(C3CCC(C)(C)CC3)cc2cc[n+]1C. The lowest BCUT2D eigenvalue weighted by molar-refractivity contribution is -0.659. The molecule has 3 aromatic carbocycles. The molecule has 0 spiro atoms. The third kappa shape index (κ3) is 3.97. The van der Waals surface area contributed by atoms with Gasteiger partial charge in [0.05, 0.1) is 10.9 Å². The average molecular weight is 421 g/mol. The molecule has 1 aliphatic carbocycles. The predicted octanol–water partition coefficient (Wildman–Crippen LogP) is 7.99. The molecule has 0 bridgehead atoms. The van der Waals surface area contributed by atoms with Crippen LogP contribution in [-0.4, -0.2) is 0 Å². The van der Waals surface area contributed by atoms with Gasteiger partial charge in [0.25, 0.3) is 0 Å². The first kappa shape index (κ1) is 20.9. The molecule has 4 aromatic rings. The van der Waals surface area contributed by atoms with Gasteiger partial charge in [-0.3, -0.25) is 0 Å². The minimum Gasteiger partial charge on any atom is -0.200 e. The van der Waals surface area contributed by atoms with Gasteiger partial charge in [0.15, 0.2) is 6.20 Å². The molecular formula is C31H34N+. The Morgan fingerprint density at radius 3 is 2.31 bits per heavy atom. The maximum atomic E-state index is 2.46. The molecule has 0 radical (unpaired) electrons. The molecule has 0 saturated heterocycles. The summed E-state index contributed by atoms with van der Waals surface area (Å²) < 4.78 is 2.28. The van der Waals surface area contributed by atoms with E-state index in [1.54, 1.807) is 0 Å². The Balaban J connectivity index is 1.58. The van der Waals surface area contributed by atoms with Gasteiger partial charge in [0.2, 0.25) is 5.69 Å². The summed E-state index contributed by atoms with van der Waals surface area (Å²) in [7, 11) is 2.17. The zero-order chi connectivity index (χ0) is 22.3. The Morgan fingerprint density at radius 1 is 0.812 bits per heavy atom. The first-order valence-electron chi connectivity index (χ1n) is 12.0. The van der Waals surface area contributed by atoms with E-state index in [4.69, 9.17) is 0 Å². The van der Waals surface area contributed by atoms with Crippen LogP contribution < -0.4 is 4.57 Å². The van der Waals surface area contributed by atoms with Crippen LogP contribution in [0, 0.1) is 12.3 Å². The molecule has 1 aromatic heterocycles. The van der Waals surface area contributed by atoms with E-state index in [2.05, 4.69) is 111 Å². The molecule has 1 nitrogen and oxygen atoms in total.